The van der Waals surface area contributed by atoms with E-state index in [9.17, 15) is 19.2 Å². The zero-order chi connectivity index (χ0) is 40.9. The minimum atomic E-state index is -0.442. The zero-order valence-corrected chi connectivity index (χ0v) is 36.9. The van der Waals surface area contributed by atoms with Crippen LogP contribution in [0, 0.1) is 0 Å². The molecule has 1 aromatic carbocycles. The molecule has 0 aliphatic heterocycles. The van der Waals surface area contributed by atoms with Gasteiger partial charge < -0.3 is 25.0 Å². The molecule has 0 aliphatic carbocycles. The largest absolute Gasteiger partial charge is 0.466 e. The van der Waals surface area contributed by atoms with Gasteiger partial charge in [0.25, 0.3) is 10.9 Å². The van der Waals surface area contributed by atoms with Gasteiger partial charge in [-0.1, -0.05) is 136 Å². The maximum atomic E-state index is 13.0. The van der Waals surface area contributed by atoms with Gasteiger partial charge in [-0.3, -0.25) is 19.2 Å². The molecule has 0 aliphatic rings. The highest BCUT2D eigenvalue weighted by molar-refractivity contribution is 5.73. The fourth-order valence-electron chi connectivity index (χ4n) is 7.50. The molecule has 0 bridgehead atoms. The second kappa shape index (κ2) is 36.9. The number of carbonyl (C=O) groups is 2. The van der Waals surface area contributed by atoms with Crippen molar-refractivity contribution in [1.29, 1.82) is 0 Å². The molecule has 0 atom stereocenters. The number of hydrogen-bond acceptors (Lipinski definition) is 9. The lowest BCUT2D eigenvalue weighted by molar-refractivity contribution is -0.150. The third-order valence-electron chi connectivity index (χ3n) is 11.1. The molecule has 0 fully saturated rings. The molecular weight excluding hydrogens is 703 g/mol. The van der Waals surface area contributed by atoms with Crippen molar-refractivity contribution >= 4 is 23.3 Å². The molecule has 0 heterocycles. The van der Waals surface area contributed by atoms with Crippen LogP contribution in [0.1, 0.15) is 220 Å². The number of rotatable bonds is 42. The Morgan fingerprint density at radius 2 is 0.946 bits per heavy atom. The maximum absolute atomic E-state index is 13.0. The molecule has 2 N–H and O–H groups in total. The van der Waals surface area contributed by atoms with Crippen LogP contribution in [0.5, 0.6) is 0 Å². The Hall–Kier alpha value is -2.42. The molecule has 1 rings (SSSR count). The number of nitrogens with one attached hydrogen (secondary N) is 2. The van der Waals surface area contributed by atoms with Gasteiger partial charge in [-0.15, -0.1) is 0 Å². The van der Waals surface area contributed by atoms with Crippen molar-refractivity contribution in [2.75, 3.05) is 50.5 Å². The first-order valence-corrected chi connectivity index (χ1v) is 23.7. The normalized spacial score (nSPS) is 11.5. The molecule has 9 nitrogen and oxygen atoms in total. The standard InChI is InChI=1S/C47H87N3O6/c1-5-8-11-13-15-19-23-32-41(33-24-20-16-14-12-9-6-2)56-43(52)35-26-29-38-50(39-30-27-36-49-45-44(48-4)46(53)47(45)54)37-28-22-18-17-21-25-34-42(51)55-40-31-10-7-3/h41,48-49H,5-40H2,1-4H3. The summed E-state index contributed by atoms with van der Waals surface area (Å²) < 4.78 is 11.4. The van der Waals surface area contributed by atoms with Crippen molar-refractivity contribution in [3.63, 3.8) is 0 Å². The van der Waals surface area contributed by atoms with Gasteiger partial charge in [-0.25, -0.2) is 0 Å². The highest BCUT2D eigenvalue weighted by atomic mass is 16.5. The number of hydrogen-bond donors (Lipinski definition) is 2. The smallest absolute Gasteiger partial charge is 0.306 e. The lowest BCUT2D eigenvalue weighted by atomic mass is 10.0. The van der Waals surface area contributed by atoms with Gasteiger partial charge in [0.15, 0.2) is 0 Å². The first-order chi connectivity index (χ1) is 27.4. The first kappa shape index (κ1) is 51.6. The molecule has 0 saturated carbocycles. The van der Waals surface area contributed by atoms with Crippen molar-refractivity contribution in [1.82, 2.24) is 4.90 Å². The Kier molecular flexibility index (Phi) is 34.0. The predicted octanol–water partition coefficient (Wildman–Crippen LogP) is 11.6. The number of carbonyl (C=O) groups excluding carboxylic acids is 2. The molecular formula is C47H87N3O6. The van der Waals surface area contributed by atoms with Crippen LogP contribution < -0.4 is 21.5 Å². The maximum Gasteiger partial charge on any atom is 0.306 e. The van der Waals surface area contributed by atoms with E-state index in [1.165, 1.54) is 89.9 Å². The third kappa shape index (κ3) is 27.3. The molecule has 9 heteroatoms. The van der Waals surface area contributed by atoms with Gasteiger partial charge in [-0.05, 0) is 90.3 Å². The van der Waals surface area contributed by atoms with E-state index in [0.29, 0.717) is 37.4 Å². The van der Waals surface area contributed by atoms with Crippen LogP contribution in [0.25, 0.3) is 0 Å². The number of anilines is 2. The third-order valence-corrected chi connectivity index (χ3v) is 11.1. The van der Waals surface area contributed by atoms with Crippen LogP contribution in [0.2, 0.25) is 0 Å². The highest BCUT2D eigenvalue weighted by Crippen LogP contribution is 2.19. The minimum Gasteiger partial charge on any atom is -0.466 e. The lowest BCUT2D eigenvalue weighted by Crippen LogP contribution is -2.37. The van der Waals surface area contributed by atoms with Crippen molar-refractivity contribution in [3.05, 3.63) is 20.4 Å². The van der Waals surface area contributed by atoms with E-state index in [-0.39, 0.29) is 18.0 Å². The Balaban J connectivity index is 2.48. The Labute approximate surface area is 343 Å². The fourth-order valence-corrected chi connectivity index (χ4v) is 7.50. The number of esters is 2. The van der Waals surface area contributed by atoms with Crippen LogP contribution in [0.15, 0.2) is 9.59 Å². The second-order valence-corrected chi connectivity index (χ2v) is 16.3. The molecule has 0 aromatic heterocycles. The first-order valence-electron chi connectivity index (χ1n) is 23.7. The van der Waals surface area contributed by atoms with Gasteiger partial charge in [0.2, 0.25) is 0 Å². The summed E-state index contributed by atoms with van der Waals surface area (Å²) in [7, 11) is 1.66. The molecule has 326 valence electrons. The monoisotopic (exact) mass is 790 g/mol. The zero-order valence-electron chi connectivity index (χ0n) is 36.9. The van der Waals surface area contributed by atoms with Crippen LogP contribution in [0.3, 0.4) is 0 Å². The van der Waals surface area contributed by atoms with Crippen molar-refractivity contribution in [2.24, 2.45) is 0 Å². The molecule has 0 saturated heterocycles. The Bertz CT molecular complexity index is 1130. The van der Waals surface area contributed by atoms with E-state index >= 15 is 0 Å². The summed E-state index contributed by atoms with van der Waals surface area (Å²) >= 11 is 0. The van der Waals surface area contributed by atoms with Gasteiger partial charge in [0.05, 0.1) is 6.61 Å². The van der Waals surface area contributed by atoms with Crippen molar-refractivity contribution in [2.45, 2.75) is 226 Å². The average molecular weight is 790 g/mol. The predicted molar refractivity (Wildman–Crippen MR) is 237 cm³/mol. The minimum absolute atomic E-state index is 0.0254. The molecule has 0 radical (unpaired) electrons. The van der Waals surface area contributed by atoms with Gasteiger partial charge in [0.1, 0.15) is 17.5 Å². The van der Waals surface area contributed by atoms with E-state index in [4.69, 9.17) is 9.47 Å². The molecule has 1 aromatic rings. The molecule has 0 amide bonds. The SMILES string of the molecule is CCCCCCCCCC(CCCCCCCCC)OC(=O)CCCCN(CCCCCCCCC(=O)OCCCCC)CCCCNc1c(NC)c(=O)c1=O. The summed E-state index contributed by atoms with van der Waals surface area (Å²) in [4.78, 5) is 51.1. The van der Waals surface area contributed by atoms with Crippen LogP contribution in [-0.4, -0.2) is 62.8 Å². The van der Waals surface area contributed by atoms with E-state index in [1.54, 1.807) is 7.05 Å². The van der Waals surface area contributed by atoms with Crippen LogP contribution in [0.4, 0.5) is 11.4 Å². The molecule has 56 heavy (non-hydrogen) atoms. The summed E-state index contributed by atoms with van der Waals surface area (Å²) in [6.45, 7) is 10.8. The lowest BCUT2D eigenvalue weighted by Gasteiger charge is -2.23. The number of nitrogens with zero attached hydrogens (tertiary/aromatic N) is 1. The fraction of sp³-hybridized carbons (Fsp3) is 0.872. The quantitative estimate of drug-likeness (QED) is 0.0379. The number of ether oxygens (including phenoxy) is 2. The van der Waals surface area contributed by atoms with Gasteiger partial charge in [0, 0.05) is 26.4 Å². The second-order valence-electron chi connectivity index (χ2n) is 16.3. The highest BCUT2D eigenvalue weighted by Gasteiger charge is 2.19. The van der Waals surface area contributed by atoms with Crippen molar-refractivity contribution in [3.8, 4) is 0 Å². The summed E-state index contributed by atoms with van der Waals surface area (Å²) in [6, 6.07) is 0. The average Bonchev–Trinajstić information content (AvgIpc) is 3.19. The molecule has 0 spiro atoms. The summed E-state index contributed by atoms with van der Waals surface area (Å²) in [5.41, 5.74) is -0.0717. The van der Waals surface area contributed by atoms with Gasteiger partial charge >= 0.3 is 11.9 Å². The Morgan fingerprint density at radius 1 is 0.518 bits per heavy atom. The summed E-state index contributed by atoms with van der Waals surface area (Å²) in [6.07, 6.45) is 34.5. The van der Waals surface area contributed by atoms with Gasteiger partial charge in [-0.2, -0.15) is 0 Å². The summed E-state index contributed by atoms with van der Waals surface area (Å²) in [5, 5.41) is 5.97. The Morgan fingerprint density at radius 3 is 1.52 bits per heavy atom. The van der Waals surface area contributed by atoms with E-state index in [0.717, 1.165) is 116 Å². The number of unbranched alkanes of at least 4 members (excludes halogenated alkanes) is 21. The van der Waals surface area contributed by atoms with Crippen molar-refractivity contribution < 1.29 is 19.1 Å². The topological polar surface area (TPSA) is 114 Å². The van der Waals surface area contributed by atoms with Crippen LogP contribution >= 0.6 is 0 Å². The van der Waals surface area contributed by atoms with Crippen LogP contribution in [-0.2, 0) is 19.1 Å². The molecule has 0 unspecified atom stereocenters. The van der Waals surface area contributed by atoms with E-state index in [1.807, 2.05) is 0 Å². The van der Waals surface area contributed by atoms with E-state index < -0.39 is 10.9 Å². The van der Waals surface area contributed by atoms with E-state index in [2.05, 4.69) is 36.3 Å². The summed E-state index contributed by atoms with van der Waals surface area (Å²) in [5.74, 6) is -0.0819.